The second-order valence-electron chi connectivity index (χ2n) is 9.95. The van der Waals surface area contributed by atoms with E-state index < -0.39 is 0 Å². The summed E-state index contributed by atoms with van der Waals surface area (Å²) in [5.74, 6) is 2.42. The van der Waals surface area contributed by atoms with Gasteiger partial charge in [0.1, 0.15) is 0 Å². The molecule has 3 rings (SSSR count). The fourth-order valence-corrected chi connectivity index (χ4v) is 5.20. The molecule has 4 heteroatoms. The Morgan fingerprint density at radius 2 is 1.57 bits per heavy atom. The Labute approximate surface area is 176 Å². The van der Waals surface area contributed by atoms with Crippen molar-refractivity contribution in [1.82, 2.24) is 14.7 Å². The van der Waals surface area contributed by atoms with Crippen molar-refractivity contribution in [3.63, 3.8) is 0 Å². The molecule has 4 nitrogen and oxygen atoms in total. The van der Waals surface area contributed by atoms with E-state index in [1.54, 1.807) is 0 Å². The second kappa shape index (κ2) is 11.9. The van der Waals surface area contributed by atoms with Crippen molar-refractivity contribution in [2.24, 2.45) is 17.8 Å². The lowest BCUT2D eigenvalue weighted by Crippen LogP contribution is -2.62. The summed E-state index contributed by atoms with van der Waals surface area (Å²) in [6.07, 6.45) is 5.31. The van der Waals surface area contributed by atoms with Gasteiger partial charge in [-0.05, 0) is 43.6 Å². The SMILES string of the molecule is CC.CCCN1CCN(CC2COC3(C2)CN(CC(C)CCC(C)C)C3)CC1. The van der Waals surface area contributed by atoms with Gasteiger partial charge in [0, 0.05) is 52.4 Å². The number of ether oxygens (including phenoxy) is 1. The smallest absolute Gasteiger partial charge is 0.0938 e. The Balaban J connectivity index is 0.00000136. The van der Waals surface area contributed by atoms with E-state index in [0.29, 0.717) is 0 Å². The molecule has 0 radical (unpaired) electrons. The average Bonchev–Trinajstić information content (AvgIpc) is 3.07. The summed E-state index contributed by atoms with van der Waals surface area (Å²) in [6, 6.07) is 0. The van der Waals surface area contributed by atoms with Crippen LogP contribution in [0.3, 0.4) is 0 Å². The number of rotatable bonds is 9. The average molecular weight is 396 g/mol. The zero-order chi connectivity index (χ0) is 20.6. The van der Waals surface area contributed by atoms with Gasteiger partial charge < -0.3 is 14.5 Å². The monoisotopic (exact) mass is 395 g/mol. The van der Waals surface area contributed by atoms with Crippen molar-refractivity contribution in [3.05, 3.63) is 0 Å². The third-order valence-corrected chi connectivity index (χ3v) is 6.64. The number of piperazine rings is 1. The molecule has 0 aromatic rings. The maximum Gasteiger partial charge on any atom is 0.0938 e. The summed E-state index contributed by atoms with van der Waals surface area (Å²) in [7, 11) is 0. The Bertz CT molecular complexity index is 414. The highest BCUT2D eigenvalue weighted by Crippen LogP contribution is 2.38. The fourth-order valence-electron chi connectivity index (χ4n) is 5.20. The van der Waals surface area contributed by atoms with Crippen LogP contribution in [-0.4, -0.2) is 85.8 Å². The van der Waals surface area contributed by atoms with Gasteiger partial charge in [0.15, 0.2) is 0 Å². The van der Waals surface area contributed by atoms with Gasteiger partial charge in [-0.25, -0.2) is 0 Å². The van der Waals surface area contributed by atoms with Gasteiger partial charge in [0.05, 0.1) is 12.2 Å². The van der Waals surface area contributed by atoms with Crippen molar-refractivity contribution >= 4 is 0 Å². The van der Waals surface area contributed by atoms with Gasteiger partial charge in [-0.15, -0.1) is 0 Å². The Kier molecular flexibility index (Phi) is 10.2. The molecular formula is C24H49N3O. The van der Waals surface area contributed by atoms with Crippen molar-refractivity contribution in [1.29, 1.82) is 0 Å². The van der Waals surface area contributed by atoms with E-state index in [9.17, 15) is 0 Å². The quantitative estimate of drug-likeness (QED) is 0.582. The summed E-state index contributed by atoms with van der Waals surface area (Å²) in [4.78, 5) is 7.94. The predicted molar refractivity (Wildman–Crippen MR) is 121 cm³/mol. The van der Waals surface area contributed by atoms with Gasteiger partial charge in [0.2, 0.25) is 0 Å². The van der Waals surface area contributed by atoms with Gasteiger partial charge in [-0.3, -0.25) is 4.90 Å². The topological polar surface area (TPSA) is 19.0 Å². The van der Waals surface area contributed by atoms with E-state index in [2.05, 4.69) is 42.4 Å². The maximum absolute atomic E-state index is 6.32. The standard InChI is InChI=1S/C22H43N3O.C2H6/c1-5-8-23-9-11-24(12-10-23)15-21-13-22(26-16-21)17-25(18-22)14-20(4)7-6-19(2)3;1-2/h19-21H,5-18H2,1-4H3;1-2H3. The molecule has 166 valence electrons. The van der Waals surface area contributed by atoms with Crippen LogP contribution in [0, 0.1) is 17.8 Å². The van der Waals surface area contributed by atoms with Gasteiger partial charge in [0.25, 0.3) is 0 Å². The van der Waals surface area contributed by atoms with Crippen LogP contribution in [0.25, 0.3) is 0 Å². The van der Waals surface area contributed by atoms with Crippen LogP contribution in [0.5, 0.6) is 0 Å². The van der Waals surface area contributed by atoms with Crippen LogP contribution >= 0.6 is 0 Å². The first-order valence-corrected chi connectivity index (χ1v) is 12.3. The van der Waals surface area contributed by atoms with Crippen molar-refractivity contribution in [2.75, 3.05) is 65.5 Å². The number of likely N-dealkylation sites (tertiary alicyclic amines) is 1. The molecule has 0 aromatic carbocycles. The summed E-state index contributed by atoms with van der Waals surface area (Å²) < 4.78 is 6.32. The minimum atomic E-state index is 0.215. The van der Waals surface area contributed by atoms with Crippen LogP contribution < -0.4 is 0 Å². The normalized spacial score (nSPS) is 26.9. The fraction of sp³-hybridized carbons (Fsp3) is 1.00. The van der Waals surface area contributed by atoms with E-state index in [0.717, 1.165) is 24.4 Å². The minimum Gasteiger partial charge on any atom is -0.372 e. The molecule has 0 aromatic heterocycles. The summed E-state index contributed by atoms with van der Waals surface area (Å²) in [6.45, 7) is 25.5. The molecule has 3 aliphatic heterocycles. The summed E-state index contributed by atoms with van der Waals surface area (Å²) in [5.41, 5.74) is 0.215. The minimum absolute atomic E-state index is 0.215. The first-order valence-electron chi connectivity index (χ1n) is 12.3. The lowest BCUT2D eigenvalue weighted by Gasteiger charge is -2.48. The summed E-state index contributed by atoms with van der Waals surface area (Å²) in [5, 5.41) is 0. The third-order valence-electron chi connectivity index (χ3n) is 6.64. The highest BCUT2D eigenvalue weighted by Gasteiger charge is 2.49. The molecule has 3 fully saturated rings. The van der Waals surface area contributed by atoms with Crippen LogP contribution in [0.15, 0.2) is 0 Å². The van der Waals surface area contributed by atoms with E-state index >= 15 is 0 Å². The van der Waals surface area contributed by atoms with Crippen LogP contribution in [0.2, 0.25) is 0 Å². The van der Waals surface area contributed by atoms with Crippen molar-refractivity contribution in [2.45, 2.75) is 72.8 Å². The molecule has 3 aliphatic rings. The highest BCUT2D eigenvalue weighted by molar-refractivity contribution is 5.02. The lowest BCUT2D eigenvalue weighted by atomic mass is 9.85. The first-order chi connectivity index (χ1) is 13.5. The number of nitrogens with zero attached hydrogens (tertiary/aromatic N) is 3. The summed E-state index contributed by atoms with van der Waals surface area (Å²) >= 11 is 0. The molecule has 0 aliphatic carbocycles. The molecule has 0 amide bonds. The van der Waals surface area contributed by atoms with Crippen molar-refractivity contribution in [3.8, 4) is 0 Å². The number of hydrogen-bond donors (Lipinski definition) is 0. The van der Waals surface area contributed by atoms with Crippen LogP contribution in [0.4, 0.5) is 0 Å². The third kappa shape index (κ3) is 7.27. The molecule has 1 spiro atoms. The molecule has 0 bridgehead atoms. The molecule has 2 atom stereocenters. The molecular weight excluding hydrogens is 346 g/mol. The zero-order valence-corrected chi connectivity index (χ0v) is 19.9. The van der Waals surface area contributed by atoms with E-state index in [1.807, 2.05) is 13.8 Å². The molecule has 28 heavy (non-hydrogen) atoms. The van der Waals surface area contributed by atoms with Gasteiger partial charge >= 0.3 is 0 Å². The molecule has 2 unspecified atom stereocenters. The number of hydrogen-bond acceptors (Lipinski definition) is 4. The van der Waals surface area contributed by atoms with E-state index in [-0.39, 0.29) is 5.60 Å². The second-order valence-corrected chi connectivity index (χ2v) is 9.95. The van der Waals surface area contributed by atoms with E-state index in [1.165, 1.54) is 84.6 Å². The first kappa shape index (κ1) is 24.1. The molecule has 3 saturated heterocycles. The highest BCUT2D eigenvalue weighted by atomic mass is 16.5. The lowest BCUT2D eigenvalue weighted by molar-refractivity contribution is -0.114. The maximum atomic E-state index is 6.32. The predicted octanol–water partition coefficient (Wildman–Crippen LogP) is 4.20. The zero-order valence-electron chi connectivity index (χ0n) is 19.9. The Hall–Kier alpha value is -0.160. The molecule has 0 saturated carbocycles. The molecule has 0 N–H and O–H groups in total. The molecule has 3 heterocycles. The van der Waals surface area contributed by atoms with Gasteiger partial charge in [-0.1, -0.05) is 48.0 Å². The Morgan fingerprint density at radius 1 is 0.929 bits per heavy atom. The van der Waals surface area contributed by atoms with E-state index in [4.69, 9.17) is 4.74 Å². The van der Waals surface area contributed by atoms with Crippen LogP contribution in [-0.2, 0) is 4.74 Å². The largest absolute Gasteiger partial charge is 0.372 e. The Morgan fingerprint density at radius 3 is 2.18 bits per heavy atom. The van der Waals surface area contributed by atoms with Crippen LogP contribution in [0.1, 0.15) is 67.2 Å². The van der Waals surface area contributed by atoms with Crippen molar-refractivity contribution < 1.29 is 4.74 Å². The van der Waals surface area contributed by atoms with Gasteiger partial charge in [-0.2, -0.15) is 0 Å².